The highest BCUT2D eigenvalue weighted by molar-refractivity contribution is 7.89. The molecule has 7 nitrogen and oxygen atoms in total. The number of hydrogen-bond acceptors (Lipinski definition) is 6. The minimum atomic E-state index is -3.99. The number of ether oxygens (including phenoxy) is 3. The van der Waals surface area contributed by atoms with Crippen molar-refractivity contribution in [2.45, 2.75) is 50.5 Å². The molecule has 0 unspecified atom stereocenters. The highest BCUT2D eigenvalue weighted by Crippen LogP contribution is 2.32. The van der Waals surface area contributed by atoms with Crippen molar-refractivity contribution in [3.05, 3.63) is 54.6 Å². The van der Waals surface area contributed by atoms with E-state index in [0.717, 1.165) is 5.56 Å². The van der Waals surface area contributed by atoms with Crippen molar-refractivity contribution in [3.63, 3.8) is 0 Å². The van der Waals surface area contributed by atoms with Crippen molar-refractivity contribution in [2.24, 2.45) is 0 Å². The Morgan fingerprint density at radius 1 is 1.38 bits per heavy atom. The van der Waals surface area contributed by atoms with Crippen LogP contribution in [0.2, 0.25) is 0 Å². The van der Waals surface area contributed by atoms with E-state index >= 15 is 0 Å². The molecule has 0 N–H and O–H groups in total. The number of rotatable bonds is 9. The van der Waals surface area contributed by atoms with Crippen molar-refractivity contribution in [1.29, 1.82) is 0 Å². The second-order valence-corrected chi connectivity index (χ2v) is 9.12. The first kappa shape index (κ1) is 23.3. The Kier molecular flexibility index (Phi) is 7.40. The summed E-state index contributed by atoms with van der Waals surface area (Å²) in [6.45, 7) is 14.7. The quantitative estimate of drug-likeness (QED) is 0.345. The lowest BCUT2D eigenvalue weighted by molar-refractivity contribution is -0.147. The zero-order valence-corrected chi connectivity index (χ0v) is 18.2. The molecule has 0 amide bonds. The molecule has 1 aliphatic rings. The lowest BCUT2D eigenvalue weighted by Crippen LogP contribution is -2.50. The van der Waals surface area contributed by atoms with E-state index in [9.17, 15) is 13.2 Å². The van der Waals surface area contributed by atoms with Crippen molar-refractivity contribution >= 4 is 16.0 Å². The molecule has 1 aromatic carbocycles. The fourth-order valence-electron chi connectivity index (χ4n) is 3.13. The molecular formula is C21H29NO6S. The zero-order chi connectivity index (χ0) is 21.8. The van der Waals surface area contributed by atoms with Crippen molar-refractivity contribution in [1.82, 2.24) is 4.31 Å². The molecule has 2 atom stereocenters. The highest BCUT2D eigenvalue weighted by Gasteiger charge is 2.46. The standard InChI is InChI=1S/C21H29NO6S/c1-7-13-22(29(24,25)17-11-9-15(3)10-12-17)19(16(4)20(23)26-8-2)18-14-27-21(5,6)28-18/h7,9-12,18-19H,1,4,8,13-14H2,2-3,5-6H3/t18-,19-/m1/s1. The van der Waals surface area contributed by atoms with Crippen molar-refractivity contribution in [3.8, 4) is 0 Å². The highest BCUT2D eigenvalue weighted by atomic mass is 32.2. The van der Waals surface area contributed by atoms with Gasteiger partial charge in [0, 0.05) is 6.54 Å². The van der Waals surface area contributed by atoms with E-state index in [1.54, 1.807) is 32.9 Å². The predicted molar refractivity (Wildman–Crippen MR) is 110 cm³/mol. The Hall–Kier alpha value is -2.00. The SMILES string of the molecule is C=CCN([C@H](C(=C)C(=O)OCC)[C@H]1COC(C)(C)O1)S(=O)(=O)c1ccc(C)cc1. The Labute approximate surface area is 173 Å². The van der Waals surface area contributed by atoms with E-state index < -0.39 is 33.9 Å². The van der Waals surface area contributed by atoms with Crippen LogP contribution in [0.25, 0.3) is 0 Å². The van der Waals surface area contributed by atoms with Gasteiger partial charge in [0.25, 0.3) is 0 Å². The van der Waals surface area contributed by atoms with E-state index in [1.807, 2.05) is 6.92 Å². The van der Waals surface area contributed by atoms with Crippen LogP contribution in [0, 0.1) is 6.92 Å². The van der Waals surface area contributed by atoms with Crippen LogP contribution in [0.5, 0.6) is 0 Å². The summed E-state index contributed by atoms with van der Waals surface area (Å²) in [4.78, 5) is 12.6. The lowest BCUT2D eigenvalue weighted by Gasteiger charge is -2.34. The first-order valence-corrected chi connectivity index (χ1v) is 10.8. The monoisotopic (exact) mass is 423 g/mol. The number of nitrogens with zero attached hydrogens (tertiary/aromatic N) is 1. The van der Waals surface area contributed by atoms with Crippen molar-refractivity contribution in [2.75, 3.05) is 19.8 Å². The van der Waals surface area contributed by atoms with Gasteiger partial charge in [-0.05, 0) is 39.8 Å². The lowest BCUT2D eigenvalue weighted by atomic mass is 10.0. The number of hydrogen-bond donors (Lipinski definition) is 0. The second-order valence-electron chi connectivity index (χ2n) is 7.23. The topological polar surface area (TPSA) is 82.1 Å². The van der Waals surface area contributed by atoms with Crippen LogP contribution in [-0.2, 0) is 29.0 Å². The smallest absolute Gasteiger partial charge is 0.335 e. The fraction of sp³-hybridized carbons (Fsp3) is 0.476. The number of benzene rings is 1. The van der Waals surface area contributed by atoms with E-state index in [0.29, 0.717) is 0 Å². The number of esters is 1. The predicted octanol–water partition coefficient (Wildman–Crippen LogP) is 2.81. The van der Waals surface area contributed by atoms with Gasteiger partial charge in [0.15, 0.2) is 5.79 Å². The van der Waals surface area contributed by atoms with E-state index in [1.165, 1.54) is 22.5 Å². The van der Waals surface area contributed by atoms with Gasteiger partial charge in [-0.15, -0.1) is 6.58 Å². The first-order chi connectivity index (χ1) is 13.5. The Bertz CT molecular complexity index is 860. The van der Waals surface area contributed by atoms with E-state index in [4.69, 9.17) is 14.2 Å². The summed E-state index contributed by atoms with van der Waals surface area (Å²) in [6.07, 6.45) is 0.722. The summed E-state index contributed by atoms with van der Waals surface area (Å²) in [6, 6.07) is 5.47. The molecule has 160 valence electrons. The molecule has 0 bridgehead atoms. The van der Waals surface area contributed by atoms with E-state index in [-0.39, 0.29) is 30.2 Å². The molecule has 29 heavy (non-hydrogen) atoms. The Morgan fingerprint density at radius 3 is 2.48 bits per heavy atom. The van der Waals surface area contributed by atoms with Crippen LogP contribution in [0.15, 0.2) is 54.0 Å². The van der Waals surface area contributed by atoms with Gasteiger partial charge in [0.1, 0.15) is 6.10 Å². The molecule has 1 aliphatic heterocycles. The maximum atomic E-state index is 13.5. The molecule has 0 aliphatic carbocycles. The first-order valence-electron chi connectivity index (χ1n) is 9.40. The van der Waals surface area contributed by atoms with Crippen LogP contribution in [0.3, 0.4) is 0 Å². The molecule has 0 aromatic heterocycles. The number of sulfonamides is 1. The van der Waals surface area contributed by atoms with Crippen molar-refractivity contribution < 1.29 is 27.4 Å². The largest absolute Gasteiger partial charge is 0.463 e. The summed E-state index contributed by atoms with van der Waals surface area (Å²) >= 11 is 0. The number of aryl methyl sites for hydroxylation is 1. The van der Waals surface area contributed by atoms with Gasteiger partial charge >= 0.3 is 5.97 Å². The van der Waals surface area contributed by atoms with Gasteiger partial charge in [-0.3, -0.25) is 0 Å². The molecule has 0 saturated carbocycles. The van der Waals surface area contributed by atoms with Crippen LogP contribution < -0.4 is 0 Å². The molecule has 1 saturated heterocycles. The van der Waals surface area contributed by atoms with Crippen LogP contribution in [-0.4, -0.2) is 56.4 Å². The van der Waals surface area contributed by atoms with Gasteiger partial charge in [-0.2, -0.15) is 4.31 Å². The summed E-state index contributed by atoms with van der Waals surface area (Å²) in [5.41, 5.74) is 0.914. The molecule has 1 heterocycles. The summed E-state index contributed by atoms with van der Waals surface area (Å²) in [5, 5.41) is 0. The zero-order valence-electron chi connectivity index (χ0n) is 17.4. The normalized spacial score (nSPS) is 19.7. The van der Waals surface area contributed by atoms with Crippen LogP contribution in [0.1, 0.15) is 26.3 Å². The van der Waals surface area contributed by atoms with Gasteiger partial charge in [-0.25, -0.2) is 13.2 Å². The molecule has 0 radical (unpaired) electrons. The summed E-state index contributed by atoms with van der Waals surface area (Å²) < 4.78 is 44.7. The summed E-state index contributed by atoms with van der Waals surface area (Å²) in [5.74, 6) is -1.59. The average Bonchev–Trinajstić information content (AvgIpc) is 3.01. The molecular weight excluding hydrogens is 394 g/mol. The van der Waals surface area contributed by atoms with Crippen LogP contribution in [0.4, 0.5) is 0 Å². The maximum Gasteiger partial charge on any atom is 0.335 e. The summed E-state index contributed by atoms with van der Waals surface area (Å²) in [7, 11) is -3.99. The third-order valence-corrected chi connectivity index (χ3v) is 6.39. The number of carbonyl (C=O) groups excluding carboxylic acids is 1. The molecule has 1 aromatic rings. The molecule has 2 rings (SSSR count). The van der Waals surface area contributed by atoms with Gasteiger partial charge < -0.3 is 14.2 Å². The Morgan fingerprint density at radius 2 is 2.00 bits per heavy atom. The second kappa shape index (κ2) is 9.21. The minimum Gasteiger partial charge on any atom is -0.463 e. The van der Waals surface area contributed by atoms with Crippen LogP contribution >= 0.6 is 0 Å². The van der Waals surface area contributed by atoms with Gasteiger partial charge in [0.2, 0.25) is 10.0 Å². The molecule has 0 spiro atoms. The fourth-order valence-corrected chi connectivity index (χ4v) is 4.75. The third-order valence-electron chi connectivity index (χ3n) is 4.52. The van der Waals surface area contributed by atoms with E-state index in [2.05, 4.69) is 13.2 Å². The van der Waals surface area contributed by atoms with Gasteiger partial charge in [-0.1, -0.05) is 30.4 Å². The average molecular weight is 424 g/mol. The Balaban J connectivity index is 2.53. The van der Waals surface area contributed by atoms with Gasteiger partial charge in [0.05, 0.1) is 29.7 Å². The maximum absolute atomic E-state index is 13.5. The minimum absolute atomic E-state index is 0.0179. The number of carbonyl (C=O) groups is 1. The molecule has 1 fully saturated rings. The molecule has 8 heteroatoms. The third kappa shape index (κ3) is 5.33.